The van der Waals surface area contributed by atoms with Crippen LogP contribution in [-0.4, -0.2) is 35.3 Å². The Morgan fingerprint density at radius 2 is 1.89 bits per heavy atom. The van der Waals surface area contributed by atoms with Crippen LogP contribution in [0.1, 0.15) is 32.6 Å². The van der Waals surface area contributed by atoms with Crippen molar-refractivity contribution < 1.29 is 9.59 Å². The molecule has 3 saturated carbocycles. The van der Waals surface area contributed by atoms with E-state index in [0.29, 0.717) is 19.0 Å². The zero-order valence-corrected chi connectivity index (χ0v) is 10.8. The number of hydrogen-bond donors (Lipinski definition) is 1. The molecule has 1 heterocycles. The number of nitrogens with zero attached hydrogens (tertiary/aromatic N) is 1. The summed E-state index contributed by atoms with van der Waals surface area (Å²) in [7, 11) is 0. The average Bonchev–Trinajstić information content (AvgIpc) is 2.69. The van der Waals surface area contributed by atoms with Crippen LogP contribution >= 0.6 is 0 Å². The van der Waals surface area contributed by atoms with E-state index in [4.69, 9.17) is 0 Å². The highest BCUT2D eigenvalue weighted by atomic mass is 16.2. The molecule has 5 unspecified atom stereocenters. The molecule has 18 heavy (non-hydrogen) atoms. The number of amides is 2. The number of carbonyl (C=O) groups is 2. The summed E-state index contributed by atoms with van der Waals surface area (Å²) in [5, 5.41) is 3.49. The van der Waals surface area contributed by atoms with Crippen molar-refractivity contribution in [1.82, 2.24) is 10.2 Å². The quantitative estimate of drug-likeness (QED) is 0.750. The third-order valence-electron chi connectivity index (χ3n) is 5.69. The Bertz CT molecular complexity index is 406. The fourth-order valence-electron chi connectivity index (χ4n) is 4.93. The largest absolute Gasteiger partial charge is 0.302 e. The van der Waals surface area contributed by atoms with E-state index in [1.165, 1.54) is 24.2 Å². The van der Waals surface area contributed by atoms with Crippen LogP contribution in [-0.2, 0) is 9.59 Å². The van der Waals surface area contributed by atoms with E-state index in [9.17, 15) is 9.59 Å². The van der Waals surface area contributed by atoms with Gasteiger partial charge in [0.05, 0.1) is 12.5 Å². The van der Waals surface area contributed by atoms with Gasteiger partial charge in [0, 0.05) is 12.6 Å². The zero-order chi connectivity index (χ0) is 12.4. The Labute approximate surface area is 107 Å². The monoisotopic (exact) mass is 248 g/mol. The molecule has 4 fully saturated rings. The summed E-state index contributed by atoms with van der Waals surface area (Å²) in [6.45, 7) is 2.38. The molecule has 5 atom stereocenters. The minimum atomic E-state index is -0.229. The van der Waals surface area contributed by atoms with Gasteiger partial charge < -0.3 is 5.32 Å². The first-order chi connectivity index (χ1) is 8.70. The summed E-state index contributed by atoms with van der Waals surface area (Å²) in [4.78, 5) is 25.1. The maximum Gasteiger partial charge on any atom is 0.246 e. The lowest BCUT2D eigenvalue weighted by molar-refractivity contribution is -0.138. The van der Waals surface area contributed by atoms with Crippen LogP contribution in [0.2, 0.25) is 0 Å². The second-order valence-electron chi connectivity index (χ2n) is 6.41. The number of imide groups is 1. The highest BCUT2D eigenvalue weighted by molar-refractivity contribution is 6.05. The molecule has 4 heteroatoms. The highest BCUT2D eigenvalue weighted by Gasteiger charge is 2.65. The van der Waals surface area contributed by atoms with Crippen LogP contribution in [0.4, 0.5) is 0 Å². The molecule has 0 spiro atoms. The molecule has 1 saturated heterocycles. The fraction of sp³-hybridized carbons (Fsp3) is 0.857. The van der Waals surface area contributed by atoms with Gasteiger partial charge in [-0.3, -0.25) is 14.5 Å². The van der Waals surface area contributed by atoms with E-state index in [1.807, 2.05) is 6.92 Å². The van der Waals surface area contributed by atoms with Gasteiger partial charge in [0.25, 0.3) is 0 Å². The molecule has 2 amide bonds. The molecule has 2 bridgehead atoms. The number of hydrogen-bond acceptors (Lipinski definition) is 3. The molecule has 0 aromatic rings. The molecule has 3 aliphatic carbocycles. The van der Waals surface area contributed by atoms with E-state index in [1.54, 1.807) is 0 Å². The summed E-state index contributed by atoms with van der Waals surface area (Å²) < 4.78 is 0. The Morgan fingerprint density at radius 1 is 1.22 bits per heavy atom. The summed E-state index contributed by atoms with van der Waals surface area (Å²) in [5.74, 6) is 3.46. The third-order valence-corrected chi connectivity index (χ3v) is 5.69. The van der Waals surface area contributed by atoms with Crippen molar-refractivity contribution in [3.8, 4) is 0 Å². The number of fused-ring (bicyclic) bond motifs is 5. The van der Waals surface area contributed by atoms with Crippen LogP contribution in [0.5, 0.6) is 0 Å². The molecule has 1 N–H and O–H groups in total. The third kappa shape index (κ3) is 1.30. The van der Waals surface area contributed by atoms with Crippen LogP contribution < -0.4 is 5.32 Å². The molecule has 4 aliphatic rings. The average molecular weight is 248 g/mol. The van der Waals surface area contributed by atoms with Crippen molar-refractivity contribution in [2.75, 3.05) is 6.54 Å². The molecule has 0 radical (unpaired) electrons. The van der Waals surface area contributed by atoms with Gasteiger partial charge in [0.1, 0.15) is 0 Å². The van der Waals surface area contributed by atoms with Gasteiger partial charge >= 0.3 is 0 Å². The van der Waals surface area contributed by atoms with Crippen molar-refractivity contribution >= 4 is 11.8 Å². The first kappa shape index (κ1) is 11.0. The highest BCUT2D eigenvalue weighted by Crippen LogP contribution is 2.65. The smallest absolute Gasteiger partial charge is 0.246 e. The molecule has 1 aliphatic heterocycles. The van der Waals surface area contributed by atoms with E-state index < -0.39 is 0 Å². The van der Waals surface area contributed by atoms with Gasteiger partial charge in [-0.2, -0.15) is 0 Å². The van der Waals surface area contributed by atoms with Gasteiger partial charge in [0.15, 0.2) is 0 Å². The molecular formula is C14H20N2O2. The molecule has 4 rings (SSSR count). The number of rotatable bonds is 3. The predicted molar refractivity (Wildman–Crippen MR) is 65.5 cm³/mol. The maximum absolute atomic E-state index is 12.1. The van der Waals surface area contributed by atoms with Crippen molar-refractivity contribution in [1.29, 1.82) is 0 Å². The van der Waals surface area contributed by atoms with Crippen molar-refractivity contribution in [3.05, 3.63) is 0 Å². The van der Waals surface area contributed by atoms with Gasteiger partial charge in [0.2, 0.25) is 11.8 Å². The Balaban J connectivity index is 1.43. The number of nitrogens with one attached hydrogen (secondary N) is 1. The number of likely N-dealkylation sites (tertiary alicyclic amines) is 1. The van der Waals surface area contributed by atoms with Gasteiger partial charge in [-0.15, -0.1) is 0 Å². The molecule has 98 valence electrons. The second kappa shape index (κ2) is 3.56. The van der Waals surface area contributed by atoms with Crippen LogP contribution in [0.25, 0.3) is 0 Å². The Hall–Kier alpha value is -0.900. The summed E-state index contributed by atoms with van der Waals surface area (Å²) in [6, 6.07) is 0.308. The van der Waals surface area contributed by atoms with Gasteiger partial charge in [-0.25, -0.2) is 0 Å². The van der Waals surface area contributed by atoms with Gasteiger partial charge in [-0.05, 0) is 49.9 Å². The Kier molecular flexibility index (Phi) is 2.17. The van der Waals surface area contributed by atoms with E-state index in [2.05, 4.69) is 5.32 Å². The lowest BCUT2D eigenvalue weighted by atomic mass is 10.0. The lowest BCUT2D eigenvalue weighted by Gasteiger charge is -2.15. The molecule has 0 aromatic heterocycles. The standard InChI is InChI=1S/C14H20N2O2/c1-2-16-10(17)6-9(14(16)18)15-13-11-7-3-4-8(5-7)12(11)13/h7-9,11-13,15H,2-6H2,1H3. The van der Waals surface area contributed by atoms with Crippen molar-refractivity contribution in [2.24, 2.45) is 23.7 Å². The van der Waals surface area contributed by atoms with E-state index in [0.717, 1.165) is 23.7 Å². The van der Waals surface area contributed by atoms with Crippen LogP contribution in [0.3, 0.4) is 0 Å². The number of likely N-dealkylation sites (N-methyl/N-ethyl adjacent to an activating group) is 1. The first-order valence-electron chi connectivity index (χ1n) is 7.31. The molecule has 0 aromatic carbocycles. The normalized spacial score (nSPS) is 49.1. The second-order valence-corrected chi connectivity index (χ2v) is 6.41. The molecule has 4 nitrogen and oxygen atoms in total. The zero-order valence-electron chi connectivity index (χ0n) is 10.8. The van der Waals surface area contributed by atoms with E-state index in [-0.39, 0.29) is 17.9 Å². The van der Waals surface area contributed by atoms with Crippen molar-refractivity contribution in [3.63, 3.8) is 0 Å². The fourth-order valence-corrected chi connectivity index (χ4v) is 4.93. The van der Waals surface area contributed by atoms with Gasteiger partial charge in [-0.1, -0.05) is 0 Å². The minimum Gasteiger partial charge on any atom is -0.302 e. The summed E-state index contributed by atoms with van der Waals surface area (Å²) in [5.41, 5.74) is 0. The summed E-state index contributed by atoms with van der Waals surface area (Å²) >= 11 is 0. The predicted octanol–water partition coefficient (Wildman–Crippen LogP) is 0.768. The number of carbonyl (C=O) groups excluding carboxylic acids is 2. The minimum absolute atomic E-state index is 0.000166. The van der Waals surface area contributed by atoms with E-state index >= 15 is 0 Å². The summed E-state index contributed by atoms with van der Waals surface area (Å²) in [6.07, 6.45) is 4.58. The first-order valence-corrected chi connectivity index (χ1v) is 7.31. The Morgan fingerprint density at radius 3 is 2.44 bits per heavy atom. The lowest BCUT2D eigenvalue weighted by Crippen LogP contribution is -2.41. The van der Waals surface area contributed by atoms with Crippen molar-refractivity contribution in [2.45, 2.75) is 44.7 Å². The molecular weight excluding hydrogens is 228 g/mol. The van der Waals surface area contributed by atoms with Crippen LogP contribution in [0, 0.1) is 23.7 Å². The SMILES string of the molecule is CCN1C(=O)CC(NC2C3C4CCC(C4)C23)C1=O. The maximum atomic E-state index is 12.1. The topological polar surface area (TPSA) is 49.4 Å². The van der Waals surface area contributed by atoms with Crippen LogP contribution in [0.15, 0.2) is 0 Å².